The van der Waals surface area contributed by atoms with Gasteiger partial charge in [-0.1, -0.05) is 18.2 Å². The summed E-state index contributed by atoms with van der Waals surface area (Å²) in [6, 6.07) is 10.7. The highest BCUT2D eigenvalue weighted by molar-refractivity contribution is 7.19. The van der Waals surface area contributed by atoms with E-state index in [2.05, 4.69) is 45.1 Å². The molecule has 0 amide bonds. The minimum absolute atomic E-state index is 1.02. The minimum Gasteiger partial charge on any atom is -0.368 e. The van der Waals surface area contributed by atoms with Gasteiger partial charge in [0.2, 0.25) is 0 Å². The minimum atomic E-state index is 1.02. The van der Waals surface area contributed by atoms with Crippen LogP contribution < -0.4 is 9.80 Å². The first-order chi connectivity index (χ1) is 12.4. The Morgan fingerprint density at radius 2 is 1.60 bits per heavy atom. The maximum Gasteiger partial charge on any atom is 0.141 e. The van der Waals surface area contributed by atoms with Gasteiger partial charge in [-0.25, -0.2) is 9.97 Å². The van der Waals surface area contributed by atoms with Crippen molar-refractivity contribution in [3.8, 4) is 0 Å². The largest absolute Gasteiger partial charge is 0.368 e. The molecule has 0 saturated carbocycles. The number of rotatable bonds is 2. The maximum absolute atomic E-state index is 4.71. The van der Waals surface area contributed by atoms with E-state index in [1.807, 2.05) is 11.3 Å². The van der Waals surface area contributed by atoms with Crippen molar-refractivity contribution in [3.05, 3.63) is 47.1 Å². The predicted molar refractivity (Wildman–Crippen MR) is 105 cm³/mol. The molecular weight excluding hydrogens is 328 g/mol. The number of nitrogens with zero attached hydrogens (tertiary/aromatic N) is 4. The third-order valence-electron chi connectivity index (χ3n) is 5.43. The Morgan fingerprint density at radius 1 is 0.840 bits per heavy atom. The van der Waals surface area contributed by atoms with Crippen LogP contribution >= 0.6 is 11.3 Å². The second kappa shape index (κ2) is 6.30. The molecule has 1 aliphatic carbocycles. The zero-order valence-corrected chi connectivity index (χ0v) is 15.1. The molecule has 128 valence electrons. The van der Waals surface area contributed by atoms with Crippen molar-refractivity contribution in [2.75, 3.05) is 36.0 Å². The molecule has 1 saturated heterocycles. The van der Waals surface area contributed by atoms with Crippen molar-refractivity contribution in [1.82, 2.24) is 9.97 Å². The summed E-state index contributed by atoms with van der Waals surface area (Å²) in [6.45, 7) is 4.13. The molecule has 0 unspecified atom stereocenters. The van der Waals surface area contributed by atoms with Gasteiger partial charge in [0.1, 0.15) is 17.0 Å². The number of thiophene rings is 1. The van der Waals surface area contributed by atoms with Gasteiger partial charge in [0.25, 0.3) is 0 Å². The molecule has 0 bridgehead atoms. The molecule has 1 fully saturated rings. The third kappa shape index (κ3) is 2.67. The third-order valence-corrected chi connectivity index (χ3v) is 6.63. The zero-order valence-electron chi connectivity index (χ0n) is 14.3. The molecule has 3 heterocycles. The maximum atomic E-state index is 4.71. The molecule has 0 atom stereocenters. The number of piperazine rings is 1. The van der Waals surface area contributed by atoms with E-state index in [-0.39, 0.29) is 0 Å². The van der Waals surface area contributed by atoms with Crippen LogP contribution in [0.5, 0.6) is 0 Å². The van der Waals surface area contributed by atoms with E-state index in [0.717, 1.165) is 32.0 Å². The Balaban J connectivity index is 1.44. The number of aryl methyl sites for hydroxylation is 2. The number of benzene rings is 1. The molecule has 5 heteroatoms. The molecule has 2 aliphatic rings. The van der Waals surface area contributed by atoms with Crippen molar-refractivity contribution in [2.45, 2.75) is 25.7 Å². The van der Waals surface area contributed by atoms with E-state index in [0.29, 0.717) is 0 Å². The van der Waals surface area contributed by atoms with Crippen LogP contribution in [0.2, 0.25) is 0 Å². The molecule has 2 aromatic heterocycles. The van der Waals surface area contributed by atoms with Gasteiger partial charge in [-0.3, -0.25) is 0 Å². The van der Waals surface area contributed by atoms with Gasteiger partial charge >= 0.3 is 0 Å². The van der Waals surface area contributed by atoms with Gasteiger partial charge in [-0.05, 0) is 43.4 Å². The molecule has 5 rings (SSSR count). The summed E-state index contributed by atoms with van der Waals surface area (Å²) in [5, 5.41) is 1.34. The van der Waals surface area contributed by atoms with Crippen LogP contribution in [0.4, 0.5) is 11.5 Å². The fourth-order valence-electron chi connectivity index (χ4n) is 4.13. The second-order valence-corrected chi connectivity index (χ2v) is 7.98. The van der Waals surface area contributed by atoms with E-state index in [9.17, 15) is 0 Å². The van der Waals surface area contributed by atoms with Crippen molar-refractivity contribution in [3.63, 3.8) is 0 Å². The second-order valence-electron chi connectivity index (χ2n) is 6.90. The number of fused-ring (bicyclic) bond motifs is 3. The number of aromatic nitrogens is 2. The fourth-order valence-corrected chi connectivity index (χ4v) is 5.35. The van der Waals surface area contributed by atoms with Crippen LogP contribution in [0.15, 0.2) is 36.7 Å². The van der Waals surface area contributed by atoms with E-state index in [1.165, 1.54) is 47.2 Å². The van der Waals surface area contributed by atoms with Crippen LogP contribution in [0.3, 0.4) is 0 Å². The molecule has 1 aromatic carbocycles. The first-order valence-electron chi connectivity index (χ1n) is 9.20. The summed E-state index contributed by atoms with van der Waals surface area (Å²) in [5.41, 5.74) is 2.86. The van der Waals surface area contributed by atoms with Crippen molar-refractivity contribution >= 4 is 33.1 Å². The Bertz CT molecular complexity index is 881. The van der Waals surface area contributed by atoms with Crippen LogP contribution in [-0.4, -0.2) is 36.1 Å². The van der Waals surface area contributed by atoms with Crippen LogP contribution in [-0.2, 0) is 12.8 Å². The Morgan fingerprint density at radius 3 is 2.44 bits per heavy atom. The lowest BCUT2D eigenvalue weighted by Gasteiger charge is -2.37. The zero-order chi connectivity index (χ0) is 16.6. The lowest BCUT2D eigenvalue weighted by atomic mass is 9.97. The number of hydrogen-bond acceptors (Lipinski definition) is 5. The van der Waals surface area contributed by atoms with Crippen LogP contribution in [0.1, 0.15) is 23.3 Å². The summed E-state index contributed by atoms with van der Waals surface area (Å²) < 4.78 is 0. The number of para-hydroxylation sites is 1. The lowest BCUT2D eigenvalue weighted by Crippen LogP contribution is -2.46. The summed E-state index contributed by atoms with van der Waals surface area (Å²) in [7, 11) is 0. The van der Waals surface area contributed by atoms with Crippen molar-refractivity contribution in [1.29, 1.82) is 0 Å². The first-order valence-corrected chi connectivity index (χ1v) is 10.0. The predicted octanol–water partition coefficient (Wildman–Crippen LogP) is 3.90. The van der Waals surface area contributed by atoms with Gasteiger partial charge < -0.3 is 9.80 Å². The van der Waals surface area contributed by atoms with Gasteiger partial charge in [0, 0.05) is 36.7 Å². The van der Waals surface area contributed by atoms with Crippen molar-refractivity contribution < 1.29 is 0 Å². The summed E-state index contributed by atoms with van der Waals surface area (Å²) in [5.74, 6) is 1.16. The summed E-state index contributed by atoms with van der Waals surface area (Å²) >= 11 is 1.89. The van der Waals surface area contributed by atoms with Gasteiger partial charge in [0.05, 0.1) is 5.39 Å². The van der Waals surface area contributed by atoms with Crippen LogP contribution in [0.25, 0.3) is 10.2 Å². The van der Waals surface area contributed by atoms with E-state index in [4.69, 9.17) is 4.98 Å². The topological polar surface area (TPSA) is 32.3 Å². The Labute approximate surface area is 152 Å². The molecule has 3 aromatic rings. The average Bonchev–Trinajstić information content (AvgIpc) is 3.08. The first kappa shape index (κ1) is 15.1. The number of anilines is 2. The monoisotopic (exact) mass is 350 g/mol. The smallest absolute Gasteiger partial charge is 0.141 e. The van der Waals surface area contributed by atoms with Gasteiger partial charge in [-0.15, -0.1) is 11.3 Å². The molecule has 0 N–H and O–H groups in total. The molecule has 4 nitrogen and oxygen atoms in total. The lowest BCUT2D eigenvalue weighted by molar-refractivity contribution is 0.648. The highest BCUT2D eigenvalue weighted by Crippen LogP contribution is 2.39. The summed E-state index contributed by atoms with van der Waals surface area (Å²) in [4.78, 5) is 16.9. The van der Waals surface area contributed by atoms with Gasteiger partial charge in [-0.2, -0.15) is 0 Å². The SMILES string of the molecule is c1ccc(N2CCN(c3ncnc4sc5c(c34)CCCC5)CC2)cc1. The van der Waals surface area contributed by atoms with Crippen LogP contribution in [0, 0.1) is 0 Å². The van der Waals surface area contributed by atoms with E-state index in [1.54, 1.807) is 11.2 Å². The Hall–Kier alpha value is -2.14. The molecule has 25 heavy (non-hydrogen) atoms. The van der Waals surface area contributed by atoms with E-state index < -0.39 is 0 Å². The Kier molecular flexibility index (Phi) is 3.82. The summed E-state index contributed by atoms with van der Waals surface area (Å²) in [6.07, 6.45) is 6.79. The van der Waals surface area contributed by atoms with Crippen molar-refractivity contribution in [2.24, 2.45) is 0 Å². The molecule has 0 radical (unpaired) electrons. The molecular formula is C20H22N4S. The molecule has 1 aliphatic heterocycles. The molecule has 0 spiro atoms. The quantitative estimate of drug-likeness (QED) is 0.702. The number of hydrogen-bond donors (Lipinski definition) is 0. The standard InChI is InChI=1S/C20H22N4S/c1-2-6-15(7-3-1)23-10-12-24(13-11-23)19-18-16-8-4-5-9-17(16)25-20(18)22-14-21-19/h1-3,6-7,14H,4-5,8-13H2. The normalized spacial score (nSPS) is 17.8. The van der Waals surface area contributed by atoms with E-state index >= 15 is 0 Å². The average molecular weight is 350 g/mol. The van der Waals surface area contributed by atoms with Gasteiger partial charge in [0.15, 0.2) is 0 Å². The highest BCUT2D eigenvalue weighted by atomic mass is 32.1. The fraction of sp³-hybridized carbons (Fsp3) is 0.400. The highest BCUT2D eigenvalue weighted by Gasteiger charge is 2.24.